The molecule has 0 N–H and O–H groups in total. The van der Waals surface area contributed by atoms with Crippen molar-refractivity contribution in [2.45, 2.75) is 73.1 Å². The van der Waals surface area contributed by atoms with Gasteiger partial charge in [0, 0.05) is 17.9 Å². The molecule has 0 saturated heterocycles. The van der Waals surface area contributed by atoms with Crippen molar-refractivity contribution in [3.05, 3.63) is 200 Å². The molecule has 0 fully saturated rings. The highest BCUT2D eigenvalue weighted by Crippen LogP contribution is 2.67. The number of benzene rings is 7. The Hall–Kier alpha value is -7.98. The van der Waals surface area contributed by atoms with Gasteiger partial charge in [-0.3, -0.25) is 23.7 Å². The summed E-state index contributed by atoms with van der Waals surface area (Å²) in [4.78, 5) is 55.0. The van der Waals surface area contributed by atoms with Crippen LogP contribution in [0.1, 0.15) is 88.9 Å². The zero-order valence-corrected chi connectivity index (χ0v) is 40.6. The second-order valence-electron chi connectivity index (χ2n) is 20.6. The molecule has 7 aromatic carbocycles. The number of hydrogen-bond donors (Lipinski definition) is 0. The minimum absolute atomic E-state index is 0.00716. The molecule has 70 heavy (non-hydrogen) atoms. The SMILES string of the molecule is Cc1cc(-c2cc(C)c(-n3c(=O)c4cc5oc6cc7c(cc6oc5cc4c3=O)C3(C(C)C)c4ccccc4C7(C(C)C)c4cc5oc6cc7c(=O)n(C)c(=O)c7cc6oc5cc43)c(C)c2)cc(C)c1C. The molecule has 2 bridgehead atoms. The van der Waals surface area contributed by atoms with E-state index in [4.69, 9.17) is 17.7 Å². The Labute approximate surface area is 400 Å². The van der Waals surface area contributed by atoms with Crippen LogP contribution in [0.2, 0.25) is 0 Å². The number of hydrogen-bond acceptors (Lipinski definition) is 8. The van der Waals surface area contributed by atoms with Crippen LogP contribution in [0, 0.1) is 46.5 Å². The molecule has 346 valence electrons. The summed E-state index contributed by atoms with van der Waals surface area (Å²) in [6, 6.07) is 32.0. The topological polar surface area (TPSA) is 131 Å². The van der Waals surface area contributed by atoms with Gasteiger partial charge in [0.05, 0.1) is 27.2 Å². The van der Waals surface area contributed by atoms with E-state index in [0.29, 0.717) is 50.4 Å². The lowest BCUT2D eigenvalue weighted by Crippen LogP contribution is -2.55. The van der Waals surface area contributed by atoms with Gasteiger partial charge in [0.15, 0.2) is 44.7 Å². The summed E-state index contributed by atoms with van der Waals surface area (Å²) in [5.74, 6) is 0.0143. The molecule has 4 aromatic heterocycles. The minimum atomic E-state index is -0.707. The van der Waals surface area contributed by atoms with E-state index in [-0.39, 0.29) is 44.5 Å². The van der Waals surface area contributed by atoms with Crippen LogP contribution in [0.4, 0.5) is 0 Å². The molecule has 4 heterocycles. The molecule has 3 aliphatic rings. The summed E-state index contributed by atoms with van der Waals surface area (Å²) >= 11 is 0. The first kappa shape index (κ1) is 42.1. The van der Waals surface area contributed by atoms with Gasteiger partial charge in [-0.25, -0.2) is 4.57 Å². The van der Waals surface area contributed by atoms with Gasteiger partial charge in [0.25, 0.3) is 22.2 Å². The van der Waals surface area contributed by atoms with E-state index in [1.165, 1.54) is 39.4 Å². The van der Waals surface area contributed by atoms with Crippen LogP contribution >= 0.6 is 0 Å². The van der Waals surface area contributed by atoms with E-state index >= 15 is 0 Å². The zero-order valence-electron chi connectivity index (χ0n) is 40.6. The third kappa shape index (κ3) is 5.07. The van der Waals surface area contributed by atoms with Gasteiger partial charge < -0.3 is 17.7 Å². The summed E-state index contributed by atoms with van der Waals surface area (Å²) in [5.41, 5.74) is 15.1. The number of aryl methyl sites for hydroxylation is 4. The smallest absolute Gasteiger partial charge is 0.266 e. The van der Waals surface area contributed by atoms with E-state index in [2.05, 4.69) is 109 Å². The van der Waals surface area contributed by atoms with Crippen LogP contribution in [0.5, 0.6) is 0 Å². The Balaban J connectivity index is 1.04. The molecular formula is C60H48N2O8. The van der Waals surface area contributed by atoms with Crippen LogP contribution in [-0.2, 0) is 17.9 Å². The lowest BCUT2D eigenvalue weighted by Gasteiger charge is -2.59. The highest BCUT2D eigenvalue weighted by molar-refractivity contribution is 5.97. The van der Waals surface area contributed by atoms with Gasteiger partial charge in [-0.1, -0.05) is 64.1 Å². The zero-order chi connectivity index (χ0) is 48.8. The summed E-state index contributed by atoms with van der Waals surface area (Å²) < 4.78 is 29.3. The number of aromatic nitrogens is 2. The van der Waals surface area contributed by atoms with Crippen molar-refractivity contribution < 1.29 is 17.7 Å². The van der Waals surface area contributed by atoms with E-state index in [1.54, 1.807) is 24.3 Å². The fraction of sp³-hybridized carbons (Fsp3) is 0.233. The molecule has 0 radical (unpaired) electrons. The average molecular weight is 925 g/mol. The van der Waals surface area contributed by atoms with Crippen molar-refractivity contribution in [2.75, 3.05) is 0 Å². The Bertz CT molecular complexity index is 4220. The predicted molar refractivity (Wildman–Crippen MR) is 275 cm³/mol. The molecular weight excluding hydrogens is 877 g/mol. The minimum Gasteiger partial charge on any atom is -0.449 e. The van der Waals surface area contributed by atoms with Gasteiger partial charge in [0.1, 0.15) is 0 Å². The molecule has 0 aliphatic heterocycles. The number of nitrogens with zero attached hydrogens (tertiary/aromatic N) is 2. The van der Waals surface area contributed by atoms with Crippen LogP contribution in [0.3, 0.4) is 0 Å². The van der Waals surface area contributed by atoms with Gasteiger partial charge in [-0.05, 0) is 179 Å². The van der Waals surface area contributed by atoms with Gasteiger partial charge in [-0.2, -0.15) is 0 Å². The fourth-order valence-electron chi connectivity index (χ4n) is 12.9. The quantitative estimate of drug-likeness (QED) is 0.159. The van der Waals surface area contributed by atoms with Crippen molar-refractivity contribution in [1.29, 1.82) is 0 Å². The van der Waals surface area contributed by atoms with E-state index in [1.807, 2.05) is 26.0 Å². The Morgan fingerprint density at radius 2 is 0.700 bits per heavy atom. The summed E-state index contributed by atoms with van der Waals surface area (Å²) in [6.45, 7) is 19.2. The number of fused-ring (bicyclic) bond motifs is 6. The highest BCUT2D eigenvalue weighted by Gasteiger charge is 2.61. The molecule has 14 rings (SSSR count). The molecule has 0 amide bonds. The van der Waals surface area contributed by atoms with Crippen LogP contribution in [-0.4, -0.2) is 9.13 Å². The standard InChI is InChI=1S/C60H48N2O8/c1-27(2)59-40-13-11-12-14-41(40)60(28(3)4,43-24-51-50(23-42(43)59)67-46-19-36-37(20-47(46)68-51)56(64)61(10)55(36)63)45-26-53-52(25-44(45)59)69-48-21-38-39(22-49(48)70-53)58(66)62(57(38)65)54-31(7)17-35(18-32(54)8)34-15-29(5)33(9)30(6)16-34/h11-28H,1-10H3. The van der Waals surface area contributed by atoms with Crippen molar-refractivity contribution in [3.63, 3.8) is 0 Å². The first-order valence-corrected chi connectivity index (χ1v) is 23.9. The first-order chi connectivity index (χ1) is 33.4. The average Bonchev–Trinajstić information content (AvgIpc) is 3.68. The van der Waals surface area contributed by atoms with Crippen LogP contribution < -0.4 is 22.2 Å². The van der Waals surface area contributed by atoms with E-state index in [0.717, 1.165) is 49.1 Å². The third-order valence-electron chi connectivity index (χ3n) is 16.3. The molecule has 0 spiro atoms. The molecule has 10 nitrogen and oxygen atoms in total. The molecule has 11 aromatic rings. The molecule has 10 heteroatoms. The lowest BCUT2D eigenvalue weighted by molar-refractivity contribution is 0.325. The van der Waals surface area contributed by atoms with Gasteiger partial charge in [-0.15, -0.1) is 0 Å². The second-order valence-corrected chi connectivity index (χ2v) is 20.6. The fourth-order valence-corrected chi connectivity index (χ4v) is 12.9. The Morgan fingerprint density at radius 1 is 0.400 bits per heavy atom. The molecule has 3 aliphatic carbocycles. The van der Waals surface area contributed by atoms with Gasteiger partial charge in [0.2, 0.25) is 0 Å². The van der Waals surface area contributed by atoms with E-state index < -0.39 is 21.9 Å². The van der Waals surface area contributed by atoms with Gasteiger partial charge >= 0.3 is 0 Å². The lowest BCUT2D eigenvalue weighted by atomic mass is 9.42. The normalized spacial score (nSPS) is 17.3. The molecule has 2 atom stereocenters. The van der Waals surface area contributed by atoms with E-state index in [9.17, 15) is 19.2 Å². The van der Waals surface area contributed by atoms with Crippen LogP contribution in [0.25, 0.3) is 83.0 Å². The highest BCUT2D eigenvalue weighted by atomic mass is 16.4. The summed E-state index contributed by atoms with van der Waals surface area (Å²) in [6.07, 6.45) is 0. The Morgan fingerprint density at radius 3 is 1.03 bits per heavy atom. The van der Waals surface area contributed by atoms with Crippen molar-refractivity contribution in [1.82, 2.24) is 9.13 Å². The summed E-state index contributed by atoms with van der Waals surface area (Å²) in [5, 5.41) is 1.06. The maximum atomic E-state index is 14.5. The molecule has 2 unspecified atom stereocenters. The second kappa shape index (κ2) is 13.8. The van der Waals surface area contributed by atoms with Crippen molar-refractivity contribution >= 4 is 66.2 Å². The maximum Gasteiger partial charge on any atom is 0.266 e. The summed E-state index contributed by atoms with van der Waals surface area (Å²) in [7, 11) is 1.47. The predicted octanol–water partition coefficient (Wildman–Crippen LogP) is 12.4. The number of rotatable bonds is 4. The third-order valence-corrected chi connectivity index (χ3v) is 16.3. The maximum absolute atomic E-state index is 14.5. The largest absolute Gasteiger partial charge is 0.449 e. The monoisotopic (exact) mass is 924 g/mol. The first-order valence-electron chi connectivity index (χ1n) is 23.9. The molecule has 0 saturated carbocycles. The van der Waals surface area contributed by atoms with Crippen LogP contribution in [0.15, 0.2) is 134 Å². The Kier molecular flexibility index (Phi) is 8.33. The van der Waals surface area contributed by atoms with Crippen molar-refractivity contribution in [2.24, 2.45) is 18.9 Å². The van der Waals surface area contributed by atoms with Crippen molar-refractivity contribution in [3.8, 4) is 16.8 Å².